The van der Waals surface area contributed by atoms with Gasteiger partial charge in [0, 0.05) is 0 Å². The second kappa shape index (κ2) is 4.41. The van der Waals surface area contributed by atoms with Crippen LogP contribution >= 0.6 is 15.9 Å². The van der Waals surface area contributed by atoms with Gasteiger partial charge in [-0.1, -0.05) is 0 Å². The van der Waals surface area contributed by atoms with Gasteiger partial charge in [0.05, 0.1) is 0 Å². The molecule has 0 heterocycles. The molecular formula is C8H3BrF3NSe. The Kier molecular flexibility index (Phi) is 3.67. The van der Waals surface area contributed by atoms with Crippen LogP contribution in [-0.2, 0) is 6.18 Å². The van der Waals surface area contributed by atoms with Crippen LogP contribution in [0, 0.1) is 0 Å². The molecule has 0 radical (unpaired) electrons. The maximum atomic E-state index is 12.3. The van der Waals surface area contributed by atoms with Crippen molar-refractivity contribution in [3.05, 3.63) is 28.2 Å². The van der Waals surface area contributed by atoms with Gasteiger partial charge in [-0.25, -0.2) is 0 Å². The van der Waals surface area contributed by atoms with E-state index in [0.717, 1.165) is 12.1 Å². The Bertz CT molecular complexity index is 396. The Labute approximate surface area is 94.5 Å². The summed E-state index contributed by atoms with van der Waals surface area (Å²) < 4.78 is 39.6. The normalized spacial score (nSPS) is 10.9. The van der Waals surface area contributed by atoms with Crippen LogP contribution in [0.5, 0.6) is 0 Å². The van der Waals surface area contributed by atoms with E-state index in [4.69, 9.17) is 0 Å². The van der Waals surface area contributed by atoms with E-state index in [2.05, 4.69) is 41.2 Å². The molecule has 1 rings (SSSR count). The molecule has 0 N–H and O–H groups in total. The number of aliphatic imine (C=N–C) groups is 1. The number of alkyl halides is 3. The van der Waals surface area contributed by atoms with Gasteiger partial charge in [-0.05, 0) is 0 Å². The molecule has 14 heavy (non-hydrogen) atoms. The van der Waals surface area contributed by atoms with Crippen LogP contribution in [0.3, 0.4) is 0 Å². The molecule has 0 aliphatic rings. The van der Waals surface area contributed by atoms with Gasteiger partial charge in [-0.3, -0.25) is 0 Å². The fourth-order valence-corrected chi connectivity index (χ4v) is 1.37. The monoisotopic (exact) mass is 329 g/mol. The first-order valence-electron chi connectivity index (χ1n) is 3.40. The molecule has 6 heteroatoms. The van der Waals surface area contributed by atoms with Crippen molar-refractivity contribution in [2.75, 3.05) is 0 Å². The molecule has 1 nitrogen and oxygen atoms in total. The summed E-state index contributed by atoms with van der Waals surface area (Å²) in [4.78, 5) is 3.63. The molecule has 1 aromatic carbocycles. The van der Waals surface area contributed by atoms with E-state index in [1.54, 1.807) is 0 Å². The van der Waals surface area contributed by atoms with Crippen molar-refractivity contribution in [2.45, 2.75) is 6.18 Å². The first-order valence-corrected chi connectivity index (χ1v) is 5.04. The van der Waals surface area contributed by atoms with Crippen molar-refractivity contribution in [1.82, 2.24) is 0 Å². The van der Waals surface area contributed by atoms with Gasteiger partial charge in [0.15, 0.2) is 0 Å². The first kappa shape index (κ1) is 11.7. The zero-order chi connectivity index (χ0) is 10.8. The second-order valence-electron chi connectivity index (χ2n) is 2.37. The summed E-state index contributed by atoms with van der Waals surface area (Å²) in [6.07, 6.45) is -4.34. The zero-order valence-electron chi connectivity index (χ0n) is 6.60. The molecule has 0 saturated heterocycles. The molecule has 1 aromatic rings. The molecule has 0 amide bonds. The molecule has 0 saturated carbocycles. The summed E-state index contributed by atoms with van der Waals surface area (Å²) >= 11 is 5.44. The van der Waals surface area contributed by atoms with Gasteiger partial charge in [0.2, 0.25) is 0 Å². The van der Waals surface area contributed by atoms with E-state index in [1.807, 2.05) is 0 Å². The number of halogens is 4. The van der Waals surface area contributed by atoms with Crippen molar-refractivity contribution in [3.8, 4) is 0 Å². The van der Waals surface area contributed by atoms with E-state index >= 15 is 0 Å². The quantitative estimate of drug-likeness (QED) is 0.554. The van der Waals surface area contributed by atoms with E-state index in [1.165, 1.54) is 6.07 Å². The topological polar surface area (TPSA) is 12.4 Å². The van der Waals surface area contributed by atoms with E-state index in [0.29, 0.717) is 4.47 Å². The summed E-state index contributed by atoms with van der Waals surface area (Å²) in [5.41, 5.74) is -0.534. The molecule has 0 atom stereocenters. The van der Waals surface area contributed by atoms with Crippen molar-refractivity contribution < 1.29 is 13.2 Å². The van der Waals surface area contributed by atoms with Gasteiger partial charge in [-0.2, -0.15) is 0 Å². The Morgan fingerprint density at radius 1 is 1.36 bits per heavy atom. The molecule has 0 fully saturated rings. The summed E-state index contributed by atoms with van der Waals surface area (Å²) in [7, 11) is 0. The summed E-state index contributed by atoms with van der Waals surface area (Å²) in [6, 6.07) is 3.25. The minimum absolute atomic E-state index is 0.193. The van der Waals surface area contributed by atoms with Crippen molar-refractivity contribution >= 4 is 41.9 Å². The fourth-order valence-electron chi connectivity index (χ4n) is 0.824. The van der Waals surface area contributed by atoms with Crippen molar-refractivity contribution in [1.29, 1.82) is 0 Å². The first-order chi connectivity index (χ1) is 6.45. The van der Waals surface area contributed by atoms with Crippen LogP contribution in [-0.4, -0.2) is 20.3 Å². The minimum atomic E-state index is -4.34. The Morgan fingerprint density at radius 3 is 2.50 bits per heavy atom. The van der Waals surface area contributed by atoms with Gasteiger partial charge >= 0.3 is 94.5 Å². The third kappa shape index (κ3) is 2.79. The molecular weight excluding hydrogens is 326 g/mol. The van der Waals surface area contributed by atoms with E-state index in [-0.39, 0.29) is 5.69 Å². The number of benzene rings is 1. The van der Waals surface area contributed by atoms with Gasteiger partial charge in [0.25, 0.3) is 0 Å². The average molecular weight is 329 g/mol. The standard InChI is InChI=1S/C8H3BrF3NSe/c9-6-2-1-5(8(10,11)12)3-7(6)13-4-14/h1-3H. The Balaban J connectivity index is 3.26. The van der Waals surface area contributed by atoms with Crippen LogP contribution in [0.25, 0.3) is 0 Å². The molecule has 74 valence electrons. The van der Waals surface area contributed by atoms with Crippen LogP contribution in [0.1, 0.15) is 5.56 Å². The summed E-state index contributed by atoms with van der Waals surface area (Å²) in [5.74, 6) is 0. The van der Waals surface area contributed by atoms with Crippen molar-refractivity contribution in [3.63, 3.8) is 0 Å². The Hall–Kier alpha value is -0.411. The summed E-state index contributed by atoms with van der Waals surface area (Å²) in [5, 5.41) is 0. The number of nitrogens with zero attached hydrogens (tertiary/aromatic N) is 1. The van der Waals surface area contributed by atoms with Crippen LogP contribution in [0.4, 0.5) is 18.9 Å². The molecule has 0 bridgehead atoms. The van der Waals surface area contributed by atoms with Crippen molar-refractivity contribution in [2.24, 2.45) is 4.99 Å². The van der Waals surface area contributed by atoms with Crippen LogP contribution < -0.4 is 0 Å². The third-order valence-electron chi connectivity index (χ3n) is 1.44. The molecule has 0 unspecified atom stereocenters. The molecule has 0 aliphatic heterocycles. The van der Waals surface area contributed by atoms with Crippen LogP contribution in [0.2, 0.25) is 0 Å². The zero-order valence-corrected chi connectivity index (χ0v) is 9.90. The number of hydrogen-bond donors (Lipinski definition) is 0. The van der Waals surface area contributed by atoms with Gasteiger partial charge < -0.3 is 0 Å². The second-order valence-corrected chi connectivity index (χ2v) is 3.60. The van der Waals surface area contributed by atoms with E-state index < -0.39 is 11.7 Å². The van der Waals surface area contributed by atoms with Crippen LogP contribution in [0.15, 0.2) is 27.7 Å². The maximum absolute atomic E-state index is 12.3. The average Bonchev–Trinajstić information content (AvgIpc) is 2.07. The Morgan fingerprint density at radius 2 is 2.00 bits per heavy atom. The predicted molar refractivity (Wildman–Crippen MR) is 52.0 cm³/mol. The summed E-state index contributed by atoms with van der Waals surface area (Å²) in [6.45, 7) is 0. The fraction of sp³-hybridized carbons (Fsp3) is 0.125. The third-order valence-corrected chi connectivity index (χ3v) is 2.30. The SMILES string of the molecule is FC(F)(F)c1ccc(Br)c(N=C=[Se])c1. The van der Waals surface area contributed by atoms with Gasteiger partial charge in [0.1, 0.15) is 0 Å². The number of rotatable bonds is 1. The molecule has 0 aliphatic carbocycles. The molecule has 0 aromatic heterocycles. The molecule has 0 spiro atoms. The van der Waals surface area contributed by atoms with Gasteiger partial charge in [-0.15, -0.1) is 0 Å². The van der Waals surface area contributed by atoms with E-state index in [9.17, 15) is 13.2 Å². The predicted octanol–water partition coefficient (Wildman–Crippen LogP) is 3.17. The number of hydrogen-bond acceptors (Lipinski definition) is 1.